The first-order valence-corrected chi connectivity index (χ1v) is 6.24. The van der Waals surface area contributed by atoms with Crippen LogP contribution in [0.3, 0.4) is 0 Å². The Hall–Kier alpha value is -1.82. The minimum absolute atomic E-state index is 0.0253. The molecule has 1 heterocycles. The van der Waals surface area contributed by atoms with Crippen LogP contribution in [0.25, 0.3) is 0 Å². The van der Waals surface area contributed by atoms with Crippen LogP contribution in [0.2, 0.25) is 0 Å². The van der Waals surface area contributed by atoms with E-state index in [1.807, 2.05) is 24.7 Å². The molecule has 0 saturated heterocycles. The summed E-state index contributed by atoms with van der Waals surface area (Å²) in [5.41, 5.74) is 0.178. The summed E-state index contributed by atoms with van der Waals surface area (Å²) in [5, 5.41) is 3.24. The van der Waals surface area contributed by atoms with Gasteiger partial charge >= 0.3 is 6.18 Å². The van der Waals surface area contributed by atoms with Crippen molar-refractivity contribution in [2.75, 3.05) is 0 Å². The molecular weight excluding hydrogens is 267 g/mol. The molecule has 1 aromatic carbocycles. The third-order valence-electron chi connectivity index (χ3n) is 3.14. The molecule has 0 saturated carbocycles. The molecule has 0 amide bonds. The minimum Gasteiger partial charge on any atom is -0.337 e. The van der Waals surface area contributed by atoms with Gasteiger partial charge in [-0.1, -0.05) is 12.1 Å². The number of halogens is 3. The summed E-state index contributed by atoms with van der Waals surface area (Å²) < 4.78 is 39.2. The van der Waals surface area contributed by atoms with Crippen LogP contribution in [0.1, 0.15) is 29.9 Å². The molecule has 6 heteroatoms. The molecule has 0 radical (unpaired) electrons. The van der Waals surface area contributed by atoms with Crippen molar-refractivity contribution in [1.29, 1.82) is 0 Å². The van der Waals surface area contributed by atoms with Crippen molar-refractivity contribution in [1.82, 2.24) is 14.9 Å². The molecule has 0 aliphatic rings. The van der Waals surface area contributed by atoms with E-state index in [1.165, 1.54) is 12.1 Å². The van der Waals surface area contributed by atoms with Gasteiger partial charge in [-0.15, -0.1) is 0 Å². The number of alkyl halides is 3. The predicted octanol–water partition coefficient (Wildman–Crippen LogP) is 3.29. The maximum atomic E-state index is 12.4. The van der Waals surface area contributed by atoms with Gasteiger partial charge in [0.1, 0.15) is 5.82 Å². The summed E-state index contributed by atoms with van der Waals surface area (Å²) >= 11 is 0. The number of aromatic nitrogens is 2. The Balaban J connectivity index is 1.96. The topological polar surface area (TPSA) is 29.9 Å². The SMILES string of the molecule is CC(NCc1ccc(C(F)(F)F)cc1)c1nccn1C. The van der Waals surface area contributed by atoms with E-state index in [4.69, 9.17) is 0 Å². The number of nitrogens with zero attached hydrogens (tertiary/aromatic N) is 2. The second-order valence-electron chi connectivity index (χ2n) is 4.69. The highest BCUT2D eigenvalue weighted by molar-refractivity contribution is 5.24. The zero-order valence-electron chi connectivity index (χ0n) is 11.3. The second kappa shape index (κ2) is 5.66. The molecule has 0 bridgehead atoms. The quantitative estimate of drug-likeness (QED) is 0.933. The fraction of sp³-hybridized carbons (Fsp3) is 0.357. The van der Waals surface area contributed by atoms with Gasteiger partial charge in [-0.3, -0.25) is 0 Å². The standard InChI is InChI=1S/C14H16F3N3/c1-10(13-18-7-8-20(13)2)19-9-11-3-5-12(6-4-11)14(15,16)17/h3-8,10,19H,9H2,1-2H3. The Bertz CT molecular complexity index is 558. The van der Waals surface area contributed by atoms with Crippen LogP contribution in [-0.2, 0) is 19.8 Å². The summed E-state index contributed by atoms with van der Waals surface area (Å²) in [4.78, 5) is 4.23. The number of rotatable bonds is 4. The van der Waals surface area contributed by atoms with Gasteiger partial charge in [-0.05, 0) is 24.6 Å². The molecule has 2 rings (SSSR count). The molecule has 0 fully saturated rings. The van der Waals surface area contributed by atoms with Crippen LogP contribution in [0.15, 0.2) is 36.7 Å². The summed E-state index contributed by atoms with van der Waals surface area (Å²) in [6.07, 6.45) is -0.719. The van der Waals surface area contributed by atoms with Crippen LogP contribution >= 0.6 is 0 Å². The summed E-state index contributed by atoms with van der Waals surface area (Å²) in [5.74, 6) is 0.886. The highest BCUT2D eigenvalue weighted by Crippen LogP contribution is 2.29. The fourth-order valence-electron chi connectivity index (χ4n) is 1.97. The molecule has 1 atom stereocenters. The maximum Gasteiger partial charge on any atom is 0.416 e. The lowest BCUT2D eigenvalue weighted by Crippen LogP contribution is -2.21. The zero-order chi connectivity index (χ0) is 14.8. The van der Waals surface area contributed by atoms with E-state index in [2.05, 4.69) is 10.3 Å². The van der Waals surface area contributed by atoms with Gasteiger partial charge in [0.15, 0.2) is 0 Å². The maximum absolute atomic E-state index is 12.4. The molecule has 1 unspecified atom stereocenters. The van der Waals surface area contributed by atoms with Crippen molar-refractivity contribution in [2.24, 2.45) is 7.05 Å². The first-order chi connectivity index (χ1) is 9.38. The van der Waals surface area contributed by atoms with Crippen molar-refractivity contribution in [2.45, 2.75) is 25.7 Å². The summed E-state index contributed by atoms with van der Waals surface area (Å²) in [6.45, 7) is 2.46. The lowest BCUT2D eigenvalue weighted by molar-refractivity contribution is -0.137. The lowest BCUT2D eigenvalue weighted by atomic mass is 10.1. The van der Waals surface area contributed by atoms with Crippen LogP contribution in [0.5, 0.6) is 0 Å². The van der Waals surface area contributed by atoms with Gasteiger partial charge in [-0.25, -0.2) is 4.98 Å². The molecule has 3 nitrogen and oxygen atoms in total. The van der Waals surface area contributed by atoms with Crippen LogP contribution in [0.4, 0.5) is 13.2 Å². The van der Waals surface area contributed by atoms with E-state index < -0.39 is 11.7 Å². The van der Waals surface area contributed by atoms with Gasteiger partial charge in [0.25, 0.3) is 0 Å². The molecule has 0 aliphatic carbocycles. The Labute approximate surface area is 115 Å². The van der Waals surface area contributed by atoms with Crippen molar-refractivity contribution in [3.05, 3.63) is 53.6 Å². The zero-order valence-corrected chi connectivity index (χ0v) is 11.3. The monoisotopic (exact) mass is 283 g/mol. The van der Waals surface area contributed by atoms with Crippen LogP contribution in [0, 0.1) is 0 Å². The van der Waals surface area contributed by atoms with E-state index in [-0.39, 0.29) is 6.04 Å². The first-order valence-electron chi connectivity index (χ1n) is 6.24. The van der Waals surface area contributed by atoms with E-state index in [9.17, 15) is 13.2 Å². The number of hydrogen-bond donors (Lipinski definition) is 1. The number of imidazole rings is 1. The highest BCUT2D eigenvalue weighted by Gasteiger charge is 2.29. The van der Waals surface area contributed by atoms with Gasteiger partial charge in [-0.2, -0.15) is 13.2 Å². The van der Waals surface area contributed by atoms with Crippen LogP contribution in [-0.4, -0.2) is 9.55 Å². The van der Waals surface area contributed by atoms with Crippen LogP contribution < -0.4 is 5.32 Å². The molecule has 0 aliphatic heterocycles. The van der Waals surface area contributed by atoms with Gasteiger partial charge in [0.05, 0.1) is 11.6 Å². The van der Waals surface area contributed by atoms with E-state index in [1.54, 1.807) is 6.20 Å². The van der Waals surface area contributed by atoms with Gasteiger partial charge in [0.2, 0.25) is 0 Å². The Morgan fingerprint density at radius 1 is 1.25 bits per heavy atom. The normalized spacial score (nSPS) is 13.4. The predicted molar refractivity (Wildman–Crippen MR) is 69.9 cm³/mol. The molecule has 108 valence electrons. The highest BCUT2D eigenvalue weighted by atomic mass is 19.4. The summed E-state index contributed by atoms with van der Waals surface area (Å²) in [6, 6.07) is 5.20. The van der Waals surface area contributed by atoms with E-state index >= 15 is 0 Å². The number of nitrogens with one attached hydrogen (secondary N) is 1. The van der Waals surface area contributed by atoms with Crippen molar-refractivity contribution in [3.8, 4) is 0 Å². The Morgan fingerprint density at radius 2 is 1.90 bits per heavy atom. The number of hydrogen-bond acceptors (Lipinski definition) is 2. The largest absolute Gasteiger partial charge is 0.416 e. The third-order valence-corrected chi connectivity index (χ3v) is 3.14. The van der Waals surface area contributed by atoms with E-state index in [0.29, 0.717) is 6.54 Å². The lowest BCUT2D eigenvalue weighted by Gasteiger charge is -2.14. The Kier molecular flexibility index (Phi) is 4.13. The van der Waals surface area contributed by atoms with Gasteiger partial charge < -0.3 is 9.88 Å². The molecule has 1 N–H and O–H groups in total. The number of benzene rings is 1. The molecule has 0 spiro atoms. The average molecular weight is 283 g/mol. The fourth-order valence-corrected chi connectivity index (χ4v) is 1.97. The van der Waals surface area contributed by atoms with Crippen molar-refractivity contribution >= 4 is 0 Å². The average Bonchev–Trinajstić information content (AvgIpc) is 2.82. The number of aryl methyl sites for hydroxylation is 1. The van der Waals surface area contributed by atoms with E-state index in [0.717, 1.165) is 23.5 Å². The molecule has 20 heavy (non-hydrogen) atoms. The molecule has 1 aromatic heterocycles. The van der Waals surface area contributed by atoms with Crippen molar-refractivity contribution < 1.29 is 13.2 Å². The minimum atomic E-state index is -4.29. The van der Waals surface area contributed by atoms with Gasteiger partial charge in [0, 0.05) is 26.0 Å². The second-order valence-corrected chi connectivity index (χ2v) is 4.69. The third kappa shape index (κ3) is 3.39. The first kappa shape index (κ1) is 14.6. The van der Waals surface area contributed by atoms with Crippen molar-refractivity contribution in [3.63, 3.8) is 0 Å². The summed E-state index contributed by atoms with van der Waals surface area (Å²) in [7, 11) is 1.90. The molecule has 2 aromatic rings. The smallest absolute Gasteiger partial charge is 0.337 e. The Morgan fingerprint density at radius 3 is 2.40 bits per heavy atom. The molecular formula is C14H16F3N3.